The van der Waals surface area contributed by atoms with Gasteiger partial charge in [0.05, 0.1) is 12.2 Å². The number of benzene rings is 1. The predicted octanol–water partition coefficient (Wildman–Crippen LogP) is 2.45. The van der Waals surface area contributed by atoms with Crippen LogP contribution in [0.5, 0.6) is 0 Å². The van der Waals surface area contributed by atoms with Crippen LogP contribution in [0.25, 0.3) is 0 Å². The van der Waals surface area contributed by atoms with Gasteiger partial charge in [0.2, 0.25) is 5.91 Å². The maximum Gasteiger partial charge on any atom is 0.241 e. The van der Waals surface area contributed by atoms with Crippen LogP contribution in [-0.2, 0) is 11.2 Å². The minimum atomic E-state index is -0.0957. The molecule has 1 aliphatic rings. The molecule has 0 saturated carbocycles. The molecule has 19 heavy (non-hydrogen) atoms. The second-order valence-corrected chi connectivity index (χ2v) is 6.13. The van der Waals surface area contributed by atoms with Gasteiger partial charge in [-0.2, -0.15) is 0 Å². The molecule has 0 spiro atoms. The van der Waals surface area contributed by atoms with Crippen molar-refractivity contribution >= 4 is 18.3 Å². The molecule has 1 heterocycles. The summed E-state index contributed by atoms with van der Waals surface area (Å²) < 4.78 is 0. The highest BCUT2D eigenvalue weighted by atomic mass is 35.5. The van der Waals surface area contributed by atoms with Gasteiger partial charge in [0.15, 0.2) is 0 Å². The summed E-state index contributed by atoms with van der Waals surface area (Å²) in [6.07, 6.45) is 0.870. The summed E-state index contributed by atoms with van der Waals surface area (Å²) in [5.41, 5.74) is 1.25. The van der Waals surface area contributed by atoms with Gasteiger partial charge in [-0.3, -0.25) is 10.1 Å². The molecule has 2 rings (SSSR count). The average Bonchev–Trinajstić information content (AvgIpc) is 2.58. The maximum atomic E-state index is 12.2. The van der Waals surface area contributed by atoms with Gasteiger partial charge < -0.3 is 4.90 Å². The Morgan fingerprint density at radius 2 is 1.79 bits per heavy atom. The van der Waals surface area contributed by atoms with Crippen LogP contribution >= 0.6 is 12.4 Å². The molecule has 1 aromatic rings. The van der Waals surface area contributed by atoms with Gasteiger partial charge in [-0.05, 0) is 17.4 Å². The summed E-state index contributed by atoms with van der Waals surface area (Å²) in [7, 11) is 1.89. The number of hydrogen-bond donors (Lipinski definition) is 1. The van der Waals surface area contributed by atoms with E-state index in [1.807, 2.05) is 30.1 Å². The predicted molar refractivity (Wildman–Crippen MR) is 80.3 cm³/mol. The fraction of sp³-hybridized carbons (Fsp3) is 0.533. The molecular formula is C15H23ClN2O. The van der Waals surface area contributed by atoms with E-state index in [1.54, 1.807) is 0 Å². The summed E-state index contributed by atoms with van der Waals surface area (Å²) in [5, 5.41) is 3.46. The molecule has 106 valence electrons. The van der Waals surface area contributed by atoms with E-state index < -0.39 is 0 Å². The number of carbonyl (C=O) groups is 1. The summed E-state index contributed by atoms with van der Waals surface area (Å²) in [6.45, 7) is 6.46. The van der Waals surface area contributed by atoms with Crippen LogP contribution in [0, 0.1) is 5.41 Å². The van der Waals surface area contributed by atoms with Crippen molar-refractivity contribution in [3.8, 4) is 0 Å². The Hall–Kier alpha value is -1.06. The molecule has 1 aromatic carbocycles. The van der Waals surface area contributed by atoms with E-state index in [-0.39, 0.29) is 35.9 Å². The van der Waals surface area contributed by atoms with Crippen molar-refractivity contribution in [2.75, 3.05) is 7.05 Å². The van der Waals surface area contributed by atoms with E-state index in [0.717, 1.165) is 6.42 Å². The lowest BCUT2D eigenvalue weighted by Gasteiger charge is -2.32. The van der Waals surface area contributed by atoms with Crippen molar-refractivity contribution in [2.24, 2.45) is 5.41 Å². The van der Waals surface area contributed by atoms with E-state index in [4.69, 9.17) is 0 Å². The van der Waals surface area contributed by atoms with Gasteiger partial charge >= 0.3 is 0 Å². The lowest BCUT2D eigenvalue weighted by atomic mass is 9.92. The van der Waals surface area contributed by atoms with Crippen LogP contribution in [0.4, 0.5) is 0 Å². The second-order valence-electron chi connectivity index (χ2n) is 6.13. The molecule has 0 radical (unpaired) electrons. The molecule has 4 heteroatoms. The number of carbonyl (C=O) groups excluding carboxylic acids is 1. The largest absolute Gasteiger partial charge is 0.328 e. The number of likely N-dealkylation sites (N-methyl/N-ethyl adjacent to an activating group) is 1. The number of halogens is 1. The van der Waals surface area contributed by atoms with Crippen LogP contribution in [0.15, 0.2) is 30.3 Å². The Kier molecular flexibility index (Phi) is 4.99. The third-order valence-corrected chi connectivity index (χ3v) is 3.50. The Balaban J connectivity index is 0.00000180. The minimum Gasteiger partial charge on any atom is -0.328 e. The molecule has 0 aliphatic carbocycles. The summed E-state index contributed by atoms with van der Waals surface area (Å²) in [5.74, 6) is 0.193. The Morgan fingerprint density at radius 3 is 2.26 bits per heavy atom. The van der Waals surface area contributed by atoms with Gasteiger partial charge in [-0.15, -0.1) is 12.4 Å². The van der Waals surface area contributed by atoms with Crippen LogP contribution in [0.1, 0.15) is 26.3 Å². The Labute approximate surface area is 121 Å². The number of amides is 1. The second kappa shape index (κ2) is 5.93. The molecular weight excluding hydrogens is 260 g/mol. The lowest BCUT2D eigenvalue weighted by molar-refractivity contribution is -0.129. The van der Waals surface area contributed by atoms with Crippen molar-refractivity contribution in [1.29, 1.82) is 0 Å². The molecule has 1 aliphatic heterocycles. The normalized spacial score (nSPS) is 23.4. The lowest BCUT2D eigenvalue weighted by Crippen LogP contribution is -2.45. The summed E-state index contributed by atoms with van der Waals surface area (Å²) in [6, 6.07) is 10.1. The SMILES string of the molecule is CN1C(=O)[C@H](Cc2ccccc2)N[C@@H]1C(C)(C)C.Cl. The van der Waals surface area contributed by atoms with E-state index in [1.165, 1.54) is 5.56 Å². The first-order chi connectivity index (χ1) is 8.39. The summed E-state index contributed by atoms with van der Waals surface area (Å²) >= 11 is 0. The molecule has 1 fully saturated rings. The highest BCUT2D eigenvalue weighted by Gasteiger charge is 2.41. The highest BCUT2D eigenvalue weighted by molar-refractivity contribution is 5.85. The molecule has 2 atom stereocenters. The molecule has 0 unspecified atom stereocenters. The zero-order valence-electron chi connectivity index (χ0n) is 12.0. The third kappa shape index (κ3) is 3.48. The Morgan fingerprint density at radius 1 is 1.21 bits per heavy atom. The van der Waals surface area contributed by atoms with E-state index in [2.05, 4.69) is 38.2 Å². The van der Waals surface area contributed by atoms with Gasteiger partial charge in [0, 0.05) is 7.05 Å². The quantitative estimate of drug-likeness (QED) is 0.904. The average molecular weight is 283 g/mol. The number of nitrogens with one attached hydrogen (secondary N) is 1. The zero-order valence-corrected chi connectivity index (χ0v) is 12.8. The molecule has 0 aromatic heterocycles. The molecule has 1 saturated heterocycles. The van der Waals surface area contributed by atoms with E-state index in [0.29, 0.717) is 0 Å². The van der Waals surface area contributed by atoms with Gasteiger partial charge in [-0.25, -0.2) is 0 Å². The van der Waals surface area contributed by atoms with Crippen molar-refractivity contribution in [2.45, 2.75) is 39.4 Å². The first-order valence-corrected chi connectivity index (χ1v) is 6.46. The number of nitrogens with zero attached hydrogens (tertiary/aromatic N) is 1. The van der Waals surface area contributed by atoms with Crippen molar-refractivity contribution in [1.82, 2.24) is 10.2 Å². The zero-order chi connectivity index (χ0) is 13.3. The smallest absolute Gasteiger partial charge is 0.241 e. The van der Waals surface area contributed by atoms with Gasteiger partial charge in [0.1, 0.15) is 0 Å². The monoisotopic (exact) mass is 282 g/mol. The molecule has 1 N–H and O–H groups in total. The van der Waals surface area contributed by atoms with Gasteiger partial charge in [-0.1, -0.05) is 51.1 Å². The topological polar surface area (TPSA) is 32.3 Å². The standard InChI is InChI=1S/C15H22N2O.ClH/c1-15(2,3)14-16-12(13(18)17(14)4)10-11-8-6-5-7-9-11;/h5-9,12,14,16H,10H2,1-4H3;1H/t12-,14-;/m0./s1. The Bertz CT molecular complexity index is 428. The van der Waals surface area contributed by atoms with Crippen LogP contribution in [0.2, 0.25) is 0 Å². The highest BCUT2D eigenvalue weighted by Crippen LogP contribution is 2.27. The first kappa shape index (κ1) is 16.0. The minimum absolute atomic E-state index is 0. The van der Waals surface area contributed by atoms with Crippen molar-refractivity contribution < 1.29 is 4.79 Å². The van der Waals surface area contributed by atoms with Crippen molar-refractivity contribution in [3.05, 3.63) is 35.9 Å². The van der Waals surface area contributed by atoms with E-state index >= 15 is 0 Å². The molecule has 3 nitrogen and oxygen atoms in total. The van der Waals surface area contributed by atoms with E-state index in [9.17, 15) is 4.79 Å². The molecule has 1 amide bonds. The molecule has 0 bridgehead atoms. The van der Waals surface area contributed by atoms with Gasteiger partial charge in [0.25, 0.3) is 0 Å². The fourth-order valence-electron chi connectivity index (χ4n) is 2.57. The van der Waals surface area contributed by atoms with Crippen LogP contribution in [0.3, 0.4) is 0 Å². The first-order valence-electron chi connectivity index (χ1n) is 6.46. The summed E-state index contributed by atoms with van der Waals surface area (Å²) in [4.78, 5) is 14.1. The van der Waals surface area contributed by atoms with Crippen LogP contribution in [-0.4, -0.2) is 30.1 Å². The maximum absolute atomic E-state index is 12.2. The van der Waals surface area contributed by atoms with Crippen LogP contribution < -0.4 is 5.32 Å². The number of hydrogen-bond acceptors (Lipinski definition) is 2. The third-order valence-electron chi connectivity index (χ3n) is 3.50. The fourth-order valence-corrected chi connectivity index (χ4v) is 2.57. The number of rotatable bonds is 2. The van der Waals surface area contributed by atoms with Crippen molar-refractivity contribution in [3.63, 3.8) is 0 Å².